The Morgan fingerprint density at radius 1 is 1.16 bits per heavy atom. The molecule has 1 aromatic carbocycles. The minimum Gasteiger partial charge on any atom is -0.368 e. The molecule has 0 bridgehead atoms. The minimum absolute atomic E-state index is 0.224. The zero-order valence-electron chi connectivity index (χ0n) is 14.1. The first-order valence-electron chi connectivity index (χ1n) is 8.20. The number of hydrogen-bond donors (Lipinski definition) is 1. The zero-order chi connectivity index (χ0) is 17.8. The summed E-state index contributed by atoms with van der Waals surface area (Å²) in [7, 11) is 0. The van der Waals surface area contributed by atoms with Gasteiger partial charge >= 0.3 is 0 Å². The first-order chi connectivity index (χ1) is 12.0. The van der Waals surface area contributed by atoms with E-state index in [0.717, 1.165) is 11.3 Å². The third-order valence-electron chi connectivity index (χ3n) is 4.34. The van der Waals surface area contributed by atoms with Crippen molar-refractivity contribution in [2.75, 3.05) is 19.6 Å². The number of carbonyl (C=O) groups excluding carboxylic acids is 2. The third-order valence-corrected chi connectivity index (χ3v) is 4.34. The first kappa shape index (κ1) is 17.0. The monoisotopic (exact) mass is 339 g/mol. The molecule has 25 heavy (non-hydrogen) atoms. The average molecular weight is 339 g/mol. The lowest BCUT2D eigenvalue weighted by molar-refractivity contribution is -0.125. The van der Waals surface area contributed by atoms with Crippen molar-refractivity contribution < 1.29 is 9.59 Å². The number of rotatable bonds is 4. The van der Waals surface area contributed by atoms with E-state index in [1.54, 1.807) is 11.1 Å². The fourth-order valence-corrected chi connectivity index (χ4v) is 2.95. The van der Waals surface area contributed by atoms with E-state index < -0.39 is 11.9 Å². The average Bonchev–Trinajstić information content (AvgIpc) is 2.63. The Kier molecular flexibility index (Phi) is 5.04. The molecule has 2 aromatic rings. The Bertz CT molecular complexity index is 748. The predicted molar refractivity (Wildman–Crippen MR) is 92.5 cm³/mol. The van der Waals surface area contributed by atoms with Crippen molar-refractivity contribution >= 4 is 11.8 Å². The molecular weight excluding hydrogens is 318 g/mol. The van der Waals surface area contributed by atoms with Crippen LogP contribution >= 0.6 is 0 Å². The van der Waals surface area contributed by atoms with E-state index in [2.05, 4.69) is 9.97 Å². The number of aromatic nitrogens is 2. The fraction of sp³-hybridized carbons (Fsp3) is 0.333. The highest BCUT2D eigenvalue weighted by Gasteiger charge is 2.33. The van der Waals surface area contributed by atoms with Crippen molar-refractivity contribution in [2.45, 2.75) is 19.5 Å². The van der Waals surface area contributed by atoms with E-state index >= 15 is 0 Å². The highest BCUT2D eigenvalue weighted by atomic mass is 16.2. The molecule has 0 radical (unpaired) electrons. The quantitative estimate of drug-likeness (QED) is 0.880. The number of amides is 2. The molecule has 7 nitrogen and oxygen atoms in total. The van der Waals surface area contributed by atoms with Crippen molar-refractivity contribution in [2.24, 2.45) is 5.73 Å². The van der Waals surface area contributed by atoms with E-state index in [4.69, 9.17) is 5.73 Å². The van der Waals surface area contributed by atoms with E-state index in [1.807, 2.05) is 42.2 Å². The fourth-order valence-electron chi connectivity index (χ4n) is 2.95. The highest BCUT2D eigenvalue weighted by molar-refractivity contribution is 5.92. The lowest BCUT2D eigenvalue weighted by atomic mass is 10.1. The molecule has 0 spiro atoms. The molecule has 1 aliphatic heterocycles. The molecule has 1 atom stereocenters. The summed E-state index contributed by atoms with van der Waals surface area (Å²) in [4.78, 5) is 36.4. The van der Waals surface area contributed by atoms with Crippen LogP contribution in [-0.4, -0.2) is 57.3 Å². The van der Waals surface area contributed by atoms with E-state index in [0.29, 0.717) is 19.6 Å². The Morgan fingerprint density at radius 2 is 1.92 bits per heavy atom. The van der Waals surface area contributed by atoms with Gasteiger partial charge in [-0.3, -0.25) is 19.5 Å². The Labute approximate surface area is 146 Å². The summed E-state index contributed by atoms with van der Waals surface area (Å²) in [5, 5.41) is 0. The number of piperazine rings is 1. The second-order valence-corrected chi connectivity index (χ2v) is 6.17. The molecule has 2 N–H and O–H groups in total. The number of nitrogens with two attached hydrogens (primary N) is 1. The molecule has 7 heteroatoms. The van der Waals surface area contributed by atoms with Gasteiger partial charge in [-0.15, -0.1) is 0 Å². The van der Waals surface area contributed by atoms with Gasteiger partial charge in [-0.1, -0.05) is 30.3 Å². The maximum atomic E-state index is 12.6. The summed E-state index contributed by atoms with van der Waals surface area (Å²) in [6, 6.07) is 9.38. The minimum atomic E-state index is -0.517. The second kappa shape index (κ2) is 7.40. The molecule has 0 aliphatic carbocycles. The van der Waals surface area contributed by atoms with Crippen LogP contribution in [0.1, 0.15) is 21.7 Å². The van der Waals surface area contributed by atoms with Crippen LogP contribution in [0.2, 0.25) is 0 Å². The van der Waals surface area contributed by atoms with E-state index in [9.17, 15) is 9.59 Å². The number of benzene rings is 1. The smallest absolute Gasteiger partial charge is 0.274 e. The number of primary amides is 1. The molecule has 2 amide bonds. The van der Waals surface area contributed by atoms with Crippen LogP contribution in [0.5, 0.6) is 0 Å². The standard InChI is InChI=1S/C18H21N5O2/c1-13-9-21-15(10-20-13)18(25)23-8-7-22(16(12-23)17(19)24)11-14-5-3-2-4-6-14/h2-6,9-10,16H,7-8,11-12H2,1H3,(H2,19,24)/t16-/m0/s1. The van der Waals surface area contributed by atoms with Gasteiger partial charge in [0, 0.05) is 32.4 Å². The summed E-state index contributed by atoms with van der Waals surface area (Å²) < 4.78 is 0. The normalized spacial score (nSPS) is 18.1. The van der Waals surface area contributed by atoms with Crippen LogP contribution in [0, 0.1) is 6.92 Å². The first-order valence-corrected chi connectivity index (χ1v) is 8.20. The number of hydrogen-bond acceptors (Lipinski definition) is 5. The lowest BCUT2D eigenvalue weighted by Gasteiger charge is -2.39. The SMILES string of the molecule is Cc1cnc(C(=O)N2CCN(Cc3ccccc3)[C@H](C(N)=O)C2)cn1. The van der Waals surface area contributed by atoms with Crippen molar-refractivity contribution in [3.63, 3.8) is 0 Å². The van der Waals surface area contributed by atoms with Gasteiger partial charge in [0.2, 0.25) is 5.91 Å². The molecule has 1 saturated heterocycles. The van der Waals surface area contributed by atoms with Crippen molar-refractivity contribution in [1.82, 2.24) is 19.8 Å². The maximum Gasteiger partial charge on any atom is 0.274 e. The number of aryl methyl sites for hydroxylation is 1. The summed E-state index contributed by atoms with van der Waals surface area (Å²) >= 11 is 0. The maximum absolute atomic E-state index is 12.6. The molecular formula is C18H21N5O2. The van der Waals surface area contributed by atoms with Gasteiger partial charge in [-0.05, 0) is 12.5 Å². The van der Waals surface area contributed by atoms with Gasteiger partial charge in [-0.2, -0.15) is 0 Å². The Hall–Kier alpha value is -2.80. The van der Waals surface area contributed by atoms with Crippen LogP contribution in [-0.2, 0) is 11.3 Å². The van der Waals surface area contributed by atoms with E-state index in [-0.39, 0.29) is 18.1 Å². The molecule has 1 aliphatic rings. The molecule has 3 rings (SSSR count). The molecule has 2 heterocycles. The number of nitrogens with zero attached hydrogens (tertiary/aromatic N) is 4. The molecule has 0 unspecified atom stereocenters. The highest BCUT2D eigenvalue weighted by Crippen LogP contribution is 2.16. The summed E-state index contributed by atoms with van der Waals surface area (Å²) in [6.45, 7) is 3.79. The van der Waals surface area contributed by atoms with Crippen LogP contribution in [0.15, 0.2) is 42.7 Å². The van der Waals surface area contributed by atoms with Crippen molar-refractivity contribution in [3.05, 3.63) is 59.7 Å². The van der Waals surface area contributed by atoms with Crippen LogP contribution in [0.25, 0.3) is 0 Å². The largest absolute Gasteiger partial charge is 0.368 e. The van der Waals surface area contributed by atoms with Gasteiger partial charge in [0.05, 0.1) is 11.9 Å². The lowest BCUT2D eigenvalue weighted by Crippen LogP contribution is -2.59. The third kappa shape index (κ3) is 4.00. The van der Waals surface area contributed by atoms with Crippen LogP contribution < -0.4 is 5.73 Å². The second-order valence-electron chi connectivity index (χ2n) is 6.17. The Balaban J connectivity index is 1.71. The van der Waals surface area contributed by atoms with Crippen LogP contribution in [0.4, 0.5) is 0 Å². The summed E-state index contributed by atoms with van der Waals surface area (Å²) in [5.74, 6) is -0.651. The van der Waals surface area contributed by atoms with Crippen molar-refractivity contribution in [1.29, 1.82) is 0 Å². The van der Waals surface area contributed by atoms with Gasteiger partial charge in [0.1, 0.15) is 11.7 Å². The molecule has 1 fully saturated rings. The van der Waals surface area contributed by atoms with Gasteiger partial charge in [0.25, 0.3) is 5.91 Å². The van der Waals surface area contributed by atoms with Crippen LogP contribution in [0.3, 0.4) is 0 Å². The summed E-state index contributed by atoms with van der Waals surface area (Å²) in [5.41, 5.74) is 7.73. The molecule has 1 aromatic heterocycles. The summed E-state index contributed by atoms with van der Waals surface area (Å²) in [6.07, 6.45) is 3.03. The molecule has 0 saturated carbocycles. The van der Waals surface area contributed by atoms with E-state index in [1.165, 1.54) is 6.20 Å². The van der Waals surface area contributed by atoms with Gasteiger partial charge in [0.15, 0.2) is 0 Å². The van der Waals surface area contributed by atoms with Crippen molar-refractivity contribution in [3.8, 4) is 0 Å². The molecule has 130 valence electrons. The van der Waals surface area contributed by atoms with Gasteiger partial charge in [-0.25, -0.2) is 4.98 Å². The Morgan fingerprint density at radius 3 is 2.56 bits per heavy atom. The zero-order valence-corrected chi connectivity index (χ0v) is 14.1. The topological polar surface area (TPSA) is 92.4 Å². The van der Waals surface area contributed by atoms with Gasteiger partial charge < -0.3 is 10.6 Å². The predicted octanol–water partition coefficient (Wildman–Crippen LogP) is 0.597. The number of carbonyl (C=O) groups is 2.